The number of hydrogen-bond acceptors (Lipinski definition) is 8. The number of alkyl halides is 2. The van der Waals surface area contributed by atoms with Crippen molar-refractivity contribution in [1.82, 2.24) is 16.0 Å². The number of ether oxygens (including phenoxy) is 4. The number of epoxide rings is 1. The minimum absolute atomic E-state index is 0.170. The summed E-state index contributed by atoms with van der Waals surface area (Å²) >= 11 is 0. The van der Waals surface area contributed by atoms with E-state index in [1.54, 1.807) is 52.0 Å². The number of ketones is 1. The van der Waals surface area contributed by atoms with Crippen molar-refractivity contribution >= 4 is 23.7 Å². The van der Waals surface area contributed by atoms with Crippen molar-refractivity contribution in [1.29, 1.82) is 0 Å². The smallest absolute Gasteiger partial charge is 0.408 e. The van der Waals surface area contributed by atoms with Crippen LogP contribution in [0, 0.1) is 0 Å². The Morgan fingerprint density at radius 3 is 2.03 bits per heavy atom. The van der Waals surface area contributed by atoms with Crippen LogP contribution in [0.4, 0.5) is 13.6 Å². The molecule has 4 atom stereocenters. The molecule has 0 saturated carbocycles. The molecule has 212 valence electrons. The van der Waals surface area contributed by atoms with Gasteiger partial charge in [0, 0.05) is 7.11 Å². The van der Waals surface area contributed by atoms with Crippen molar-refractivity contribution in [2.24, 2.45) is 0 Å². The van der Waals surface area contributed by atoms with Crippen LogP contribution >= 0.6 is 0 Å². The second-order valence-electron chi connectivity index (χ2n) is 9.94. The van der Waals surface area contributed by atoms with Gasteiger partial charge in [0.1, 0.15) is 23.3 Å². The van der Waals surface area contributed by atoms with E-state index < -0.39 is 60.5 Å². The van der Waals surface area contributed by atoms with Crippen molar-refractivity contribution in [3.63, 3.8) is 0 Å². The number of carbonyl (C=O) groups is 4. The normalized spacial score (nSPS) is 19.2. The van der Waals surface area contributed by atoms with Gasteiger partial charge in [0.25, 0.3) is 0 Å². The second kappa shape index (κ2) is 13.6. The molecule has 38 heavy (non-hydrogen) atoms. The molecule has 0 spiro atoms. The maximum absolute atomic E-state index is 13.2. The number of Topliss-reactive ketones (excluding diaryl/α,β-unsaturated/α-hetero) is 1. The number of rotatable bonds is 14. The molecule has 3 amide bonds. The van der Waals surface area contributed by atoms with Crippen LogP contribution in [0.25, 0.3) is 0 Å². The zero-order valence-electron chi connectivity index (χ0n) is 22.0. The monoisotopic (exact) mass is 543 g/mol. The average molecular weight is 544 g/mol. The van der Waals surface area contributed by atoms with Gasteiger partial charge in [-0.05, 0) is 39.7 Å². The van der Waals surface area contributed by atoms with E-state index in [2.05, 4.69) is 20.7 Å². The van der Waals surface area contributed by atoms with Crippen molar-refractivity contribution in [3.8, 4) is 0 Å². The molecule has 3 N–H and O–H groups in total. The Morgan fingerprint density at radius 1 is 0.974 bits per heavy atom. The minimum Gasteiger partial charge on any atom is -0.444 e. The van der Waals surface area contributed by atoms with Gasteiger partial charge in [0.2, 0.25) is 11.8 Å². The highest BCUT2D eigenvalue weighted by Crippen LogP contribution is 2.29. The summed E-state index contributed by atoms with van der Waals surface area (Å²) in [5, 5.41) is 7.16. The Bertz CT molecular complexity index is 967. The van der Waals surface area contributed by atoms with E-state index in [-0.39, 0.29) is 25.4 Å². The number of halogens is 2. The molecule has 1 heterocycles. The van der Waals surface area contributed by atoms with E-state index in [0.29, 0.717) is 0 Å². The molecule has 1 fully saturated rings. The quantitative estimate of drug-likeness (QED) is 0.298. The maximum atomic E-state index is 13.2. The summed E-state index contributed by atoms with van der Waals surface area (Å²) in [7, 11) is 1.29. The summed E-state index contributed by atoms with van der Waals surface area (Å²) < 4.78 is 44.9. The van der Waals surface area contributed by atoms with E-state index in [4.69, 9.17) is 14.2 Å². The molecule has 0 radical (unpaired) electrons. The lowest BCUT2D eigenvalue weighted by molar-refractivity contribution is -0.145. The molecule has 13 heteroatoms. The van der Waals surface area contributed by atoms with Gasteiger partial charge >= 0.3 is 12.7 Å². The number of nitrogens with one attached hydrogen (secondary N) is 3. The van der Waals surface area contributed by atoms with Crippen molar-refractivity contribution < 1.29 is 46.9 Å². The Morgan fingerprint density at radius 2 is 1.53 bits per heavy atom. The van der Waals surface area contributed by atoms with Crippen LogP contribution in [0.2, 0.25) is 0 Å². The van der Waals surface area contributed by atoms with Crippen molar-refractivity contribution in [2.45, 2.75) is 70.1 Å². The van der Waals surface area contributed by atoms with E-state index >= 15 is 0 Å². The standard InChI is InChI=1S/C25H35F2N3O8/c1-24(2,3)38-23(34)30-18(13-36-22(26)27)21(33)29-17(12-35-5)20(32)28-16(19(31)25(4)14-37-25)11-15-9-7-6-8-10-15/h6-10,16-18,22H,11-14H2,1-5H3,(H,28,32)(H,29,33)(H,30,34)/t16-,17-,18?,25+/m0/s1. The number of alkyl carbamates (subject to hydrolysis) is 1. The Hall–Kier alpha value is -3.16. The summed E-state index contributed by atoms with van der Waals surface area (Å²) in [6.07, 6.45) is -0.877. The molecule has 1 aromatic carbocycles. The number of methoxy groups -OCH3 is 1. The van der Waals surface area contributed by atoms with Gasteiger partial charge in [0.15, 0.2) is 5.78 Å². The molecule has 1 aromatic rings. The van der Waals surface area contributed by atoms with Gasteiger partial charge in [-0.2, -0.15) is 8.78 Å². The highest BCUT2D eigenvalue weighted by Gasteiger charge is 2.50. The second-order valence-corrected chi connectivity index (χ2v) is 9.94. The SMILES string of the molecule is COC[C@H](NC(=O)C(COC(F)F)NC(=O)OC(C)(C)C)C(=O)N[C@@H](Cc1ccccc1)C(=O)[C@@]1(C)CO1. The fraction of sp³-hybridized carbons (Fsp3) is 0.600. The molecule has 2 rings (SSSR count). The molecule has 0 bridgehead atoms. The number of carbonyl (C=O) groups excluding carboxylic acids is 4. The van der Waals surface area contributed by atoms with E-state index in [1.807, 2.05) is 6.07 Å². The predicted molar refractivity (Wildman–Crippen MR) is 130 cm³/mol. The van der Waals surface area contributed by atoms with Gasteiger partial charge in [-0.3, -0.25) is 14.4 Å². The van der Waals surface area contributed by atoms with Crippen LogP contribution in [0.15, 0.2) is 30.3 Å². The first-order chi connectivity index (χ1) is 17.7. The third-order valence-corrected chi connectivity index (χ3v) is 5.38. The topological polar surface area (TPSA) is 145 Å². The van der Waals surface area contributed by atoms with Crippen LogP contribution in [-0.4, -0.2) is 86.6 Å². The minimum atomic E-state index is -3.21. The molecule has 1 aliphatic heterocycles. The largest absolute Gasteiger partial charge is 0.444 e. The van der Waals surface area contributed by atoms with Crippen molar-refractivity contribution in [3.05, 3.63) is 35.9 Å². The van der Waals surface area contributed by atoms with Crippen LogP contribution in [0.3, 0.4) is 0 Å². The van der Waals surface area contributed by atoms with Gasteiger partial charge in [-0.25, -0.2) is 4.79 Å². The molecule has 0 aliphatic carbocycles. The lowest BCUT2D eigenvalue weighted by Gasteiger charge is -2.26. The van der Waals surface area contributed by atoms with Crippen LogP contribution in [0.5, 0.6) is 0 Å². The van der Waals surface area contributed by atoms with E-state index in [0.717, 1.165) is 5.56 Å². The zero-order valence-corrected chi connectivity index (χ0v) is 22.0. The van der Waals surface area contributed by atoms with Crippen LogP contribution in [0.1, 0.15) is 33.3 Å². The summed E-state index contributed by atoms with van der Waals surface area (Å²) in [4.78, 5) is 51.3. The third-order valence-electron chi connectivity index (χ3n) is 5.38. The summed E-state index contributed by atoms with van der Waals surface area (Å²) in [6, 6.07) is 5.06. The van der Waals surface area contributed by atoms with Gasteiger partial charge < -0.3 is 34.9 Å². The Kier molecular flexibility index (Phi) is 11.1. The Labute approximate surface area is 219 Å². The van der Waals surface area contributed by atoms with E-state index in [1.165, 1.54) is 7.11 Å². The average Bonchev–Trinajstić information content (AvgIpc) is 3.58. The van der Waals surface area contributed by atoms with Gasteiger partial charge in [-0.1, -0.05) is 30.3 Å². The van der Waals surface area contributed by atoms with Gasteiger partial charge in [0.05, 0.1) is 25.9 Å². The molecule has 11 nitrogen and oxygen atoms in total. The van der Waals surface area contributed by atoms with Crippen LogP contribution in [-0.2, 0) is 39.8 Å². The number of amides is 3. The molecule has 0 aromatic heterocycles. The lowest BCUT2D eigenvalue weighted by Crippen LogP contribution is -2.59. The highest BCUT2D eigenvalue weighted by molar-refractivity contribution is 5.98. The summed E-state index contributed by atoms with van der Waals surface area (Å²) in [5.41, 5.74) is -1.16. The fourth-order valence-electron chi connectivity index (χ4n) is 3.37. The first-order valence-electron chi connectivity index (χ1n) is 11.9. The Balaban J connectivity index is 2.15. The fourth-order valence-corrected chi connectivity index (χ4v) is 3.37. The third kappa shape index (κ3) is 10.3. The van der Waals surface area contributed by atoms with Crippen LogP contribution < -0.4 is 16.0 Å². The zero-order chi connectivity index (χ0) is 28.5. The molecule has 1 aliphatic rings. The van der Waals surface area contributed by atoms with Gasteiger partial charge in [-0.15, -0.1) is 0 Å². The number of hydrogen-bond donors (Lipinski definition) is 3. The molecule has 1 unspecified atom stereocenters. The molecular weight excluding hydrogens is 508 g/mol. The summed E-state index contributed by atoms with van der Waals surface area (Å²) in [5.74, 6) is -2.10. The molecular formula is C25H35F2N3O8. The summed E-state index contributed by atoms with van der Waals surface area (Å²) in [6.45, 7) is 2.15. The van der Waals surface area contributed by atoms with E-state index in [9.17, 15) is 28.0 Å². The lowest BCUT2D eigenvalue weighted by atomic mass is 9.94. The van der Waals surface area contributed by atoms with Crippen molar-refractivity contribution in [2.75, 3.05) is 26.9 Å². The first kappa shape index (κ1) is 31.1. The first-order valence-corrected chi connectivity index (χ1v) is 11.9. The highest BCUT2D eigenvalue weighted by atomic mass is 19.3. The predicted octanol–water partition coefficient (Wildman–Crippen LogP) is 1.34. The molecule has 1 saturated heterocycles. The maximum Gasteiger partial charge on any atom is 0.408 e. The number of benzene rings is 1.